The van der Waals surface area contributed by atoms with Gasteiger partial charge in [0.15, 0.2) is 0 Å². The number of rotatable bonds is 1. The van der Waals surface area contributed by atoms with Gasteiger partial charge < -0.3 is 9.84 Å². The SMILES string of the molecule is O=C(O)C1C2C(=O)OC3C(Cl)C1C1(CC1)C32. The third-order valence-corrected chi connectivity index (χ3v) is 5.66. The van der Waals surface area contributed by atoms with Gasteiger partial charge in [-0.05, 0) is 24.2 Å². The lowest BCUT2D eigenvalue weighted by Gasteiger charge is -2.24. The van der Waals surface area contributed by atoms with Crippen molar-refractivity contribution in [3.63, 3.8) is 0 Å². The molecule has 1 heterocycles. The molecule has 2 bridgehead atoms. The average molecular weight is 243 g/mol. The number of hydrogen-bond acceptors (Lipinski definition) is 3. The Morgan fingerprint density at radius 3 is 2.69 bits per heavy atom. The molecule has 0 aromatic carbocycles. The van der Waals surface area contributed by atoms with Crippen molar-refractivity contribution in [1.82, 2.24) is 0 Å². The maximum Gasteiger partial charge on any atom is 0.310 e. The number of aliphatic carboxylic acids is 1. The fourth-order valence-corrected chi connectivity index (χ4v) is 5.21. The molecule has 1 saturated heterocycles. The molecular formula is C11H11ClO4. The molecule has 0 aromatic rings. The molecule has 1 spiro atoms. The van der Waals surface area contributed by atoms with Crippen LogP contribution in [0.1, 0.15) is 12.8 Å². The van der Waals surface area contributed by atoms with Gasteiger partial charge >= 0.3 is 11.9 Å². The van der Waals surface area contributed by atoms with E-state index >= 15 is 0 Å². The first-order valence-electron chi connectivity index (χ1n) is 5.65. The van der Waals surface area contributed by atoms with Crippen molar-refractivity contribution in [3.8, 4) is 0 Å². The van der Waals surface area contributed by atoms with Crippen LogP contribution >= 0.6 is 11.6 Å². The summed E-state index contributed by atoms with van der Waals surface area (Å²) in [6.07, 6.45) is 1.81. The lowest BCUT2D eigenvalue weighted by atomic mass is 9.80. The normalized spacial score (nSPS) is 54.4. The molecule has 86 valence electrons. The van der Waals surface area contributed by atoms with Gasteiger partial charge in [0.05, 0.1) is 17.2 Å². The van der Waals surface area contributed by atoms with E-state index in [4.69, 9.17) is 16.3 Å². The van der Waals surface area contributed by atoms with Crippen molar-refractivity contribution in [1.29, 1.82) is 0 Å². The van der Waals surface area contributed by atoms with Gasteiger partial charge in [0.25, 0.3) is 0 Å². The third kappa shape index (κ3) is 0.725. The highest BCUT2D eigenvalue weighted by Crippen LogP contribution is 2.77. The van der Waals surface area contributed by atoms with Crippen molar-refractivity contribution in [3.05, 3.63) is 0 Å². The average Bonchev–Trinajstić information content (AvgIpc) is 2.80. The summed E-state index contributed by atoms with van der Waals surface area (Å²) in [4.78, 5) is 23.0. The molecule has 4 aliphatic rings. The van der Waals surface area contributed by atoms with E-state index in [1.165, 1.54) is 0 Å². The summed E-state index contributed by atoms with van der Waals surface area (Å²) < 4.78 is 5.27. The Bertz CT molecular complexity index is 416. The number of carbonyl (C=O) groups is 2. The molecule has 3 saturated carbocycles. The van der Waals surface area contributed by atoms with Crippen LogP contribution in [0.25, 0.3) is 0 Å². The standard InChI is InChI=1S/C11H11ClO4/c12-7-5-3(9(13)14)4-6(11(5)1-2-11)8(7)16-10(4)15/h3-8H,1-2H2,(H,13,14). The van der Waals surface area contributed by atoms with Crippen molar-refractivity contribution in [2.24, 2.45) is 29.1 Å². The van der Waals surface area contributed by atoms with Crippen molar-refractivity contribution in [2.45, 2.75) is 24.3 Å². The van der Waals surface area contributed by atoms with Crippen molar-refractivity contribution >= 4 is 23.5 Å². The Morgan fingerprint density at radius 1 is 1.44 bits per heavy atom. The smallest absolute Gasteiger partial charge is 0.310 e. The van der Waals surface area contributed by atoms with Crippen LogP contribution in [0.15, 0.2) is 0 Å². The zero-order valence-electron chi connectivity index (χ0n) is 8.43. The Kier molecular flexibility index (Phi) is 1.39. The van der Waals surface area contributed by atoms with Gasteiger partial charge in [-0.1, -0.05) is 0 Å². The Labute approximate surface area is 96.9 Å². The summed E-state index contributed by atoms with van der Waals surface area (Å²) in [7, 11) is 0. The summed E-state index contributed by atoms with van der Waals surface area (Å²) in [6, 6.07) is 0. The molecule has 1 N–H and O–H groups in total. The minimum absolute atomic E-state index is 0.0248. The highest BCUT2D eigenvalue weighted by Gasteiger charge is 2.81. The van der Waals surface area contributed by atoms with Gasteiger partial charge in [-0.2, -0.15) is 0 Å². The van der Waals surface area contributed by atoms with Crippen molar-refractivity contribution in [2.75, 3.05) is 0 Å². The first-order valence-corrected chi connectivity index (χ1v) is 6.09. The zero-order chi connectivity index (χ0) is 11.2. The highest BCUT2D eigenvalue weighted by molar-refractivity contribution is 6.22. The molecule has 16 heavy (non-hydrogen) atoms. The van der Waals surface area contributed by atoms with E-state index < -0.39 is 17.8 Å². The number of carbonyl (C=O) groups excluding carboxylic acids is 1. The predicted octanol–water partition coefficient (Wildman–Crippen LogP) is 0.876. The second-order valence-corrected chi connectivity index (χ2v) is 6.02. The molecule has 4 nitrogen and oxygen atoms in total. The largest absolute Gasteiger partial charge is 0.481 e. The number of esters is 1. The molecule has 3 aliphatic carbocycles. The van der Waals surface area contributed by atoms with Crippen LogP contribution in [0.5, 0.6) is 0 Å². The van der Waals surface area contributed by atoms with Crippen molar-refractivity contribution < 1.29 is 19.4 Å². The second kappa shape index (κ2) is 2.40. The van der Waals surface area contributed by atoms with Crippen LogP contribution in [-0.2, 0) is 14.3 Å². The number of carboxylic acids is 1. The maximum absolute atomic E-state index is 11.7. The minimum atomic E-state index is -0.883. The van der Waals surface area contributed by atoms with Gasteiger partial charge in [0.2, 0.25) is 0 Å². The summed E-state index contributed by atoms with van der Waals surface area (Å²) in [6.45, 7) is 0. The van der Waals surface area contributed by atoms with Crippen LogP contribution in [0.2, 0.25) is 0 Å². The number of halogens is 1. The summed E-state index contributed by atoms with van der Waals surface area (Å²) >= 11 is 6.29. The highest BCUT2D eigenvalue weighted by atomic mass is 35.5. The van der Waals surface area contributed by atoms with Crippen LogP contribution in [-0.4, -0.2) is 28.5 Å². The quantitative estimate of drug-likeness (QED) is 0.548. The third-order valence-electron chi connectivity index (χ3n) is 5.14. The molecule has 0 amide bonds. The Morgan fingerprint density at radius 2 is 2.12 bits per heavy atom. The monoisotopic (exact) mass is 242 g/mol. The van der Waals surface area contributed by atoms with E-state index in [0.717, 1.165) is 12.8 Å². The maximum atomic E-state index is 11.7. The summed E-state index contributed by atoms with van der Waals surface area (Å²) in [5.74, 6) is -2.23. The molecule has 0 radical (unpaired) electrons. The molecule has 6 atom stereocenters. The Hall–Kier alpha value is -0.770. The number of carboxylic acid groups (broad SMARTS) is 1. The second-order valence-electron chi connectivity index (χ2n) is 5.52. The number of ether oxygens (including phenoxy) is 1. The fourth-order valence-electron chi connectivity index (χ4n) is 4.60. The number of hydrogen-bond donors (Lipinski definition) is 1. The zero-order valence-corrected chi connectivity index (χ0v) is 9.18. The van der Waals surface area contributed by atoms with Gasteiger partial charge in [0.1, 0.15) is 6.10 Å². The molecule has 5 heteroatoms. The molecule has 0 aromatic heterocycles. The molecule has 4 fully saturated rings. The van der Waals surface area contributed by atoms with Crippen LogP contribution < -0.4 is 0 Å². The summed E-state index contributed by atoms with van der Waals surface area (Å²) in [5.41, 5.74) is 0.0248. The topological polar surface area (TPSA) is 63.6 Å². The molecule has 6 unspecified atom stereocenters. The lowest BCUT2D eigenvalue weighted by molar-refractivity contribution is -0.151. The predicted molar refractivity (Wildman–Crippen MR) is 52.8 cm³/mol. The molecule has 1 aliphatic heterocycles. The van der Waals surface area contributed by atoms with Gasteiger partial charge in [-0.3, -0.25) is 9.59 Å². The van der Waals surface area contributed by atoms with E-state index in [2.05, 4.69) is 0 Å². The lowest BCUT2D eigenvalue weighted by Crippen LogP contribution is -2.38. The van der Waals surface area contributed by atoms with E-state index in [-0.39, 0.29) is 34.7 Å². The molecular weight excluding hydrogens is 232 g/mol. The van der Waals surface area contributed by atoms with E-state index in [9.17, 15) is 14.7 Å². The first kappa shape index (κ1) is 9.28. The van der Waals surface area contributed by atoms with Gasteiger partial charge in [-0.25, -0.2) is 0 Å². The molecule has 4 rings (SSSR count). The van der Waals surface area contributed by atoms with Crippen LogP contribution in [0, 0.1) is 29.1 Å². The van der Waals surface area contributed by atoms with Crippen LogP contribution in [0.3, 0.4) is 0 Å². The minimum Gasteiger partial charge on any atom is -0.481 e. The fraction of sp³-hybridized carbons (Fsp3) is 0.818. The van der Waals surface area contributed by atoms with E-state index in [0.29, 0.717) is 0 Å². The van der Waals surface area contributed by atoms with E-state index in [1.54, 1.807) is 0 Å². The Balaban J connectivity index is 1.89. The van der Waals surface area contributed by atoms with Crippen LogP contribution in [0.4, 0.5) is 0 Å². The van der Waals surface area contributed by atoms with Gasteiger partial charge in [0, 0.05) is 5.92 Å². The number of alkyl halides is 1. The van der Waals surface area contributed by atoms with E-state index in [1.807, 2.05) is 0 Å². The van der Waals surface area contributed by atoms with Gasteiger partial charge in [-0.15, -0.1) is 11.6 Å². The first-order chi connectivity index (χ1) is 7.58. The summed E-state index contributed by atoms with van der Waals surface area (Å²) in [5, 5.41) is 8.99.